The fraction of sp³-hybridized carbons (Fsp3) is 0.286. The summed E-state index contributed by atoms with van der Waals surface area (Å²) in [5.74, 6) is 0.158. The smallest absolute Gasteiger partial charge is 0.277 e. The number of rotatable bonds is 9. The topological polar surface area (TPSA) is 79.8 Å². The van der Waals surface area contributed by atoms with E-state index in [1.807, 2.05) is 55.5 Å². The molecule has 2 aromatic rings. The highest BCUT2D eigenvalue weighted by Crippen LogP contribution is 2.15. The number of hydrogen-bond acceptors (Lipinski definition) is 4. The minimum atomic E-state index is -0.373. The summed E-state index contributed by atoms with van der Waals surface area (Å²) in [6, 6.07) is 17.4. The molecule has 0 unspecified atom stereocenters. The number of nitrogens with one attached hydrogen (secondary N) is 2. The molecule has 27 heavy (non-hydrogen) atoms. The summed E-state index contributed by atoms with van der Waals surface area (Å²) < 4.78 is 5.45. The first-order chi connectivity index (χ1) is 13.0. The third-order valence-electron chi connectivity index (χ3n) is 3.82. The molecule has 2 N–H and O–H groups in total. The lowest BCUT2D eigenvalue weighted by atomic mass is 10.1. The molecular weight excluding hydrogens is 342 g/mol. The van der Waals surface area contributed by atoms with Crippen LogP contribution in [-0.4, -0.2) is 30.7 Å². The molecule has 0 bridgehead atoms. The second-order valence-electron chi connectivity index (χ2n) is 6.20. The normalized spacial score (nSPS) is 11.0. The maximum Gasteiger partial charge on any atom is 0.277 e. The number of hydrogen-bond donors (Lipinski definition) is 2. The van der Waals surface area contributed by atoms with Crippen molar-refractivity contribution >= 4 is 17.5 Å². The molecular formula is C21H25N3O3. The van der Waals surface area contributed by atoms with E-state index in [4.69, 9.17) is 4.74 Å². The molecule has 0 saturated carbocycles. The number of ether oxygens (including phenoxy) is 1. The zero-order valence-electron chi connectivity index (χ0n) is 15.7. The number of para-hydroxylation sites is 1. The highest BCUT2D eigenvalue weighted by atomic mass is 16.5. The third-order valence-corrected chi connectivity index (χ3v) is 3.82. The van der Waals surface area contributed by atoms with Crippen LogP contribution in [-0.2, 0) is 16.0 Å². The van der Waals surface area contributed by atoms with E-state index in [2.05, 4.69) is 15.8 Å². The van der Waals surface area contributed by atoms with Gasteiger partial charge >= 0.3 is 0 Å². The highest BCUT2D eigenvalue weighted by molar-refractivity contribution is 6.00. The van der Waals surface area contributed by atoms with E-state index in [-0.39, 0.29) is 24.8 Å². The number of amides is 2. The Hall–Kier alpha value is -3.15. The van der Waals surface area contributed by atoms with E-state index in [1.165, 1.54) is 5.56 Å². The molecule has 0 fully saturated rings. The SMILES string of the molecule is CC(CC(=O)NCCc1ccccc1)=NNC(=O)COc1ccccc1C. The van der Waals surface area contributed by atoms with Gasteiger partial charge in [-0.15, -0.1) is 0 Å². The van der Waals surface area contributed by atoms with Gasteiger partial charge in [-0.25, -0.2) is 5.43 Å². The number of carbonyl (C=O) groups excluding carboxylic acids is 2. The van der Waals surface area contributed by atoms with Crippen LogP contribution in [0.4, 0.5) is 0 Å². The van der Waals surface area contributed by atoms with Gasteiger partial charge < -0.3 is 10.1 Å². The lowest BCUT2D eigenvalue weighted by Crippen LogP contribution is -2.29. The van der Waals surface area contributed by atoms with E-state index in [0.29, 0.717) is 18.0 Å². The van der Waals surface area contributed by atoms with Crippen molar-refractivity contribution in [1.82, 2.24) is 10.7 Å². The average Bonchev–Trinajstić information content (AvgIpc) is 2.66. The fourth-order valence-corrected chi connectivity index (χ4v) is 2.38. The van der Waals surface area contributed by atoms with Gasteiger partial charge in [0, 0.05) is 12.3 Å². The molecule has 0 saturated heterocycles. The molecule has 2 amide bonds. The Labute approximate surface area is 159 Å². The quantitative estimate of drug-likeness (QED) is 0.528. The molecule has 0 atom stereocenters. The Kier molecular flexibility index (Phi) is 8.03. The van der Waals surface area contributed by atoms with Crippen LogP contribution in [0.25, 0.3) is 0 Å². The lowest BCUT2D eigenvalue weighted by Gasteiger charge is -2.08. The van der Waals surface area contributed by atoms with Crippen LogP contribution >= 0.6 is 0 Å². The van der Waals surface area contributed by atoms with Gasteiger partial charge in [-0.3, -0.25) is 9.59 Å². The molecule has 0 spiro atoms. The molecule has 2 aromatic carbocycles. The van der Waals surface area contributed by atoms with Gasteiger partial charge in [0.2, 0.25) is 5.91 Å². The second-order valence-corrected chi connectivity index (χ2v) is 6.20. The molecule has 0 radical (unpaired) electrons. The van der Waals surface area contributed by atoms with E-state index in [0.717, 1.165) is 12.0 Å². The highest BCUT2D eigenvalue weighted by Gasteiger charge is 2.06. The first kappa shape index (κ1) is 20.2. The van der Waals surface area contributed by atoms with Crippen molar-refractivity contribution in [2.24, 2.45) is 5.10 Å². The van der Waals surface area contributed by atoms with Crippen molar-refractivity contribution in [1.29, 1.82) is 0 Å². The summed E-state index contributed by atoms with van der Waals surface area (Å²) >= 11 is 0. The summed E-state index contributed by atoms with van der Waals surface area (Å²) in [6.07, 6.45) is 0.906. The Balaban J connectivity index is 1.66. The summed E-state index contributed by atoms with van der Waals surface area (Å²) in [7, 11) is 0. The average molecular weight is 367 g/mol. The zero-order chi connectivity index (χ0) is 19.5. The van der Waals surface area contributed by atoms with Crippen LogP contribution in [0, 0.1) is 6.92 Å². The summed E-state index contributed by atoms with van der Waals surface area (Å²) in [6.45, 7) is 4.03. The van der Waals surface area contributed by atoms with Crippen LogP contribution in [0.15, 0.2) is 59.7 Å². The Bertz CT molecular complexity index is 788. The molecule has 2 rings (SSSR count). The van der Waals surface area contributed by atoms with Crippen LogP contribution in [0.2, 0.25) is 0 Å². The maximum atomic E-state index is 11.9. The van der Waals surface area contributed by atoms with Crippen molar-refractivity contribution in [2.75, 3.05) is 13.2 Å². The predicted octanol–water partition coefficient (Wildman–Crippen LogP) is 2.61. The molecule has 0 heterocycles. The van der Waals surface area contributed by atoms with E-state index in [9.17, 15) is 9.59 Å². The van der Waals surface area contributed by atoms with Gasteiger partial charge in [0.25, 0.3) is 5.91 Å². The van der Waals surface area contributed by atoms with Gasteiger partial charge in [-0.2, -0.15) is 5.10 Å². The summed E-state index contributed by atoms with van der Waals surface area (Å²) in [5, 5.41) is 6.79. The van der Waals surface area contributed by atoms with Gasteiger partial charge in [-0.1, -0.05) is 48.5 Å². The largest absolute Gasteiger partial charge is 0.483 e. The Morgan fingerprint density at radius 2 is 1.70 bits per heavy atom. The number of hydrazone groups is 1. The molecule has 0 aliphatic carbocycles. The number of nitrogens with zero attached hydrogens (tertiary/aromatic N) is 1. The fourth-order valence-electron chi connectivity index (χ4n) is 2.38. The molecule has 0 aromatic heterocycles. The first-order valence-corrected chi connectivity index (χ1v) is 8.85. The van der Waals surface area contributed by atoms with Crippen LogP contribution in [0.1, 0.15) is 24.5 Å². The standard InChI is InChI=1S/C21H25N3O3/c1-16-8-6-7-11-19(16)27-15-21(26)24-23-17(2)14-20(25)22-13-12-18-9-4-3-5-10-18/h3-11H,12-15H2,1-2H3,(H,22,25)(H,24,26). The second kappa shape index (κ2) is 10.8. The van der Waals surface area contributed by atoms with Gasteiger partial charge in [-0.05, 0) is 37.5 Å². The van der Waals surface area contributed by atoms with Crippen LogP contribution in [0.3, 0.4) is 0 Å². The molecule has 0 aliphatic rings. The van der Waals surface area contributed by atoms with Crippen molar-refractivity contribution in [2.45, 2.75) is 26.7 Å². The van der Waals surface area contributed by atoms with E-state index >= 15 is 0 Å². The molecule has 6 nitrogen and oxygen atoms in total. The van der Waals surface area contributed by atoms with Crippen LogP contribution in [0.5, 0.6) is 5.75 Å². The van der Waals surface area contributed by atoms with Gasteiger partial charge in [0.05, 0.1) is 6.42 Å². The third kappa shape index (κ3) is 7.73. The van der Waals surface area contributed by atoms with Crippen molar-refractivity contribution < 1.29 is 14.3 Å². The van der Waals surface area contributed by atoms with E-state index < -0.39 is 0 Å². The predicted molar refractivity (Wildman–Crippen MR) is 106 cm³/mol. The molecule has 6 heteroatoms. The maximum absolute atomic E-state index is 11.9. The monoisotopic (exact) mass is 367 g/mol. The van der Waals surface area contributed by atoms with Gasteiger partial charge in [0.1, 0.15) is 5.75 Å². The van der Waals surface area contributed by atoms with Crippen molar-refractivity contribution in [3.63, 3.8) is 0 Å². The zero-order valence-corrected chi connectivity index (χ0v) is 15.7. The lowest BCUT2D eigenvalue weighted by molar-refractivity contribution is -0.123. The molecule has 0 aliphatic heterocycles. The number of aryl methyl sites for hydroxylation is 1. The number of carbonyl (C=O) groups is 2. The first-order valence-electron chi connectivity index (χ1n) is 8.85. The number of benzene rings is 2. The van der Waals surface area contributed by atoms with Crippen molar-refractivity contribution in [3.05, 3.63) is 65.7 Å². The minimum absolute atomic E-state index is 0.127. The Morgan fingerprint density at radius 3 is 2.44 bits per heavy atom. The van der Waals surface area contributed by atoms with Crippen molar-refractivity contribution in [3.8, 4) is 5.75 Å². The van der Waals surface area contributed by atoms with Crippen LogP contribution < -0.4 is 15.5 Å². The minimum Gasteiger partial charge on any atom is -0.483 e. The Morgan fingerprint density at radius 1 is 1.00 bits per heavy atom. The molecule has 142 valence electrons. The summed E-state index contributed by atoms with van der Waals surface area (Å²) in [4.78, 5) is 23.7. The van der Waals surface area contributed by atoms with E-state index in [1.54, 1.807) is 13.0 Å². The summed E-state index contributed by atoms with van der Waals surface area (Å²) in [5.41, 5.74) is 5.05. The van der Waals surface area contributed by atoms with Gasteiger partial charge in [0.15, 0.2) is 6.61 Å².